The van der Waals surface area contributed by atoms with Gasteiger partial charge < -0.3 is 15.3 Å². The third kappa shape index (κ3) is 5.67. The Labute approximate surface area is 195 Å². The number of aliphatic hydroxyl groups excluding tert-OH is 1. The minimum atomic E-state index is -3.59. The maximum atomic E-state index is 12.9. The topological polar surface area (TPSA) is 124 Å². The number of rotatable bonds is 6. The average molecular weight is 496 g/mol. The molecule has 2 aromatic carbocycles. The first-order valence-electron chi connectivity index (χ1n) is 9.62. The summed E-state index contributed by atoms with van der Waals surface area (Å²) in [4.78, 5) is 9.37. The Kier molecular flexibility index (Phi) is 7.58. The smallest absolute Gasteiger partial charge is 0.450 e. The van der Waals surface area contributed by atoms with Gasteiger partial charge in [0.1, 0.15) is 4.21 Å². The Morgan fingerprint density at radius 3 is 2.38 bits per heavy atom. The first-order chi connectivity index (χ1) is 15.1. The second kappa shape index (κ2) is 10.0. The monoisotopic (exact) mass is 495 g/mol. The lowest BCUT2D eigenvalue weighted by Crippen LogP contribution is -2.27. The maximum absolute atomic E-state index is 12.9. The summed E-state index contributed by atoms with van der Waals surface area (Å²) >= 11 is 7.25. The number of hydrogen-bond donors (Lipinski definition) is 4. The number of benzene rings is 2. The molecule has 3 atom stereocenters. The van der Waals surface area contributed by atoms with Crippen molar-refractivity contribution >= 4 is 39.1 Å². The van der Waals surface area contributed by atoms with Gasteiger partial charge in [0.15, 0.2) is 0 Å². The molecule has 0 unspecified atom stereocenters. The molecule has 1 aliphatic rings. The molecule has 0 amide bonds. The van der Waals surface area contributed by atoms with E-state index in [9.17, 15) is 13.5 Å². The molecule has 3 aromatic rings. The van der Waals surface area contributed by atoms with Crippen LogP contribution < -0.4 is 4.72 Å². The molecule has 1 aromatic heterocycles. The lowest BCUT2D eigenvalue weighted by Gasteiger charge is -2.05. The van der Waals surface area contributed by atoms with Gasteiger partial charge in [-0.15, -0.1) is 11.3 Å². The van der Waals surface area contributed by atoms with E-state index >= 15 is 0 Å². The van der Waals surface area contributed by atoms with E-state index in [1.165, 1.54) is 11.3 Å². The molecular weight excluding hydrogens is 474 g/mol. The standard InChI is InChI=1S/C21H20ClNO3S2.CH2O3/c1-13-20(14-5-3-2-4-6-14)21(13)23-28(25,26)19-10-9-18(27-19)15-7-8-17(22)16(11-15)12-24;2-1(3)4/h2-11,13,20-21,23-24H,12H2,1H3;(H2,2,3,4)/t13-,20-,21+;/m1./s1. The van der Waals surface area contributed by atoms with Gasteiger partial charge in [-0.3, -0.25) is 0 Å². The molecule has 4 rings (SSSR count). The fraction of sp³-hybridized carbons (Fsp3) is 0.227. The van der Waals surface area contributed by atoms with Crippen LogP contribution in [0.2, 0.25) is 5.02 Å². The summed E-state index contributed by atoms with van der Waals surface area (Å²) in [5.41, 5.74) is 2.61. The summed E-state index contributed by atoms with van der Waals surface area (Å²) < 4.78 is 28.9. The minimum absolute atomic E-state index is 0.0885. The molecule has 0 aliphatic heterocycles. The highest BCUT2D eigenvalue weighted by molar-refractivity contribution is 7.91. The van der Waals surface area contributed by atoms with E-state index in [0.717, 1.165) is 16.0 Å². The fourth-order valence-electron chi connectivity index (χ4n) is 3.54. The normalized spacial score (nSPS) is 19.7. The average Bonchev–Trinajstić information content (AvgIpc) is 3.14. The first kappa shape index (κ1) is 24.2. The van der Waals surface area contributed by atoms with Crippen molar-refractivity contribution in [3.8, 4) is 10.4 Å². The van der Waals surface area contributed by atoms with E-state index in [2.05, 4.69) is 11.6 Å². The summed E-state index contributed by atoms with van der Waals surface area (Å²) in [6.45, 7) is 1.90. The molecule has 1 saturated carbocycles. The van der Waals surface area contributed by atoms with Gasteiger partial charge in [-0.25, -0.2) is 17.9 Å². The van der Waals surface area contributed by atoms with Crippen LogP contribution in [0.25, 0.3) is 10.4 Å². The number of carbonyl (C=O) groups is 1. The van der Waals surface area contributed by atoms with Crippen molar-refractivity contribution in [3.63, 3.8) is 0 Å². The summed E-state index contributed by atoms with van der Waals surface area (Å²) in [5.74, 6) is 0.471. The van der Waals surface area contributed by atoms with Crippen molar-refractivity contribution in [3.05, 3.63) is 76.8 Å². The van der Waals surface area contributed by atoms with Crippen LogP contribution in [0.5, 0.6) is 0 Å². The van der Waals surface area contributed by atoms with Crippen LogP contribution in [-0.4, -0.2) is 35.9 Å². The van der Waals surface area contributed by atoms with Gasteiger partial charge in [-0.05, 0) is 46.9 Å². The van der Waals surface area contributed by atoms with Crippen LogP contribution in [0.1, 0.15) is 24.0 Å². The Hall–Kier alpha value is -2.43. The fourth-order valence-corrected chi connectivity index (χ4v) is 6.38. The van der Waals surface area contributed by atoms with Gasteiger partial charge in [-0.2, -0.15) is 0 Å². The molecule has 0 saturated heterocycles. The van der Waals surface area contributed by atoms with Gasteiger partial charge in [0, 0.05) is 21.9 Å². The van der Waals surface area contributed by atoms with E-state index < -0.39 is 16.2 Å². The van der Waals surface area contributed by atoms with Crippen LogP contribution in [0.3, 0.4) is 0 Å². The zero-order valence-electron chi connectivity index (χ0n) is 17.0. The third-order valence-electron chi connectivity index (χ3n) is 5.20. The van der Waals surface area contributed by atoms with Crippen LogP contribution in [-0.2, 0) is 16.6 Å². The predicted molar refractivity (Wildman–Crippen MR) is 124 cm³/mol. The third-order valence-corrected chi connectivity index (χ3v) is 8.66. The Balaban J connectivity index is 0.000000668. The lowest BCUT2D eigenvalue weighted by atomic mass is 10.1. The number of thiophene rings is 1. The van der Waals surface area contributed by atoms with Gasteiger partial charge in [0.05, 0.1) is 6.61 Å². The molecular formula is C22H22ClNO6S2. The van der Waals surface area contributed by atoms with Crippen LogP contribution in [0.15, 0.2) is 64.9 Å². The molecule has 0 spiro atoms. The number of nitrogens with one attached hydrogen (secondary N) is 1. The SMILES string of the molecule is C[C@H]1[C@H](NS(=O)(=O)c2ccc(-c3ccc(Cl)c(CO)c3)s2)[C@H]1c1ccccc1.O=C(O)O. The van der Waals surface area contributed by atoms with E-state index in [-0.39, 0.29) is 28.7 Å². The largest absolute Gasteiger partial charge is 0.503 e. The van der Waals surface area contributed by atoms with E-state index in [4.69, 9.17) is 26.6 Å². The quantitative estimate of drug-likeness (QED) is 0.387. The zero-order chi connectivity index (χ0) is 23.5. The van der Waals surface area contributed by atoms with Gasteiger partial charge in [0.2, 0.25) is 10.0 Å². The predicted octanol–water partition coefficient (Wildman–Crippen LogP) is 4.86. The molecule has 32 heavy (non-hydrogen) atoms. The first-order valence-corrected chi connectivity index (χ1v) is 12.3. The highest BCUT2D eigenvalue weighted by Gasteiger charge is 2.49. The molecule has 1 heterocycles. The van der Waals surface area contributed by atoms with Crippen molar-refractivity contribution in [2.24, 2.45) is 5.92 Å². The molecule has 4 N–H and O–H groups in total. The number of sulfonamides is 1. The number of hydrogen-bond acceptors (Lipinski definition) is 5. The zero-order valence-corrected chi connectivity index (χ0v) is 19.4. The highest BCUT2D eigenvalue weighted by atomic mass is 35.5. The van der Waals surface area contributed by atoms with E-state index in [0.29, 0.717) is 10.6 Å². The Morgan fingerprint density at radius 2 is 1.75 bits per heavy atom. The summed E-state index contributed by atoms with van der Waals surface area (Å²) in [7, 11) is -3.59. The lowest BCUT2D eigenvalue weighted by molar-refractivity contribution is 0.137. The molecule has 10 heteroatoms. The Bertz CT molecular complexity index is 1190. The number of aliphatic hydroxyl groups is 1. The highest BCUT2D eigenvalue weighted by Crippen LogP contribution is 2.48. The number of halogens is 1. The van der Waals surface area contributed by atoms with Gasteiger partial charge in [-0.1, -0.05) is 54.9 Å². The summed E-state index contributed by atoms with van der Waals surface area (Å²) in [5, 5.41) is 23.8. The van der Waals surface area contributed by atoms with Crippen LogP contribution in [0.4, 0.5) is 4.79 Å². The van der Waals surface area contributed by atoms with Crippen molar-refractivity contribution in [2.75, 3.05) is 0 Å². The van der Waals surface area contributed by atoms with Crippen LogP contribution in [0, 0.1) is 5.92 Å². The summed E-state index contributed by atoms with van der Waals surface area (Å²) in [6, 6.07) is 18.6. The number of carboxylic acid groups (broad SMARTS) is 2. The van der Waals surface area contributed by atoms with Crippen LogP contribution >= 0.6 is 22.9 Å². The second-order valence-electron chi connectivity index (χ2n) is 7.31. The second-order valence-corrected chi connectivity index (χ2v) is 10.7. The van der Waals surface area contributed by atoms with Crippen molar-refractivity contribution in [2.45, 2.75) is 29.7 Å². The van der Waals surface area contributed by atoms with Crippen molar-refractivity contribution in [1.82, 2.24) is 4.72 Å². The molecule has 170 valence electrons. The molecule has 0 bridgehead atoms. The Morgan fingerprint density at radius 1 is 1.09 bits per heavy atom. The van der Waals surface area contributed by atoms with Gasteiger partial charge >= 0.3 is 6.16 Å². The summed E-state index contributed by atoms with van der Waals surface area (Å²) in [6.07, 6.45) is -1.83. The van der Waals surface area contributed by atoms with Crippen molar-refractivity contribution < 1.29 is 28.5 Å². The van der Waals surface area contributed by atoms with E-state index in [1.54, 1.807) is 24.3 Å². The molecule has 1 fully saturated rings. The van der Waals surface area contributed by atoms with E-state index in [1.807, 2.05) is 36.4 Å². The minimum Gasteiger partial charge on any atom is -0.450 e. The maximum Gasteiger partial charge on any atom is 0.503 e. The molecule has 1 aliphatic carbocycles. The molecule has 7 nitrogen and oxygen atoms in total. The van der Waals surface area contributed by atoms with Gasteiger partial charge in [0.25, 0.3) is 0 Å². The molecule has 0 radical (unpaired) electrons. The van der Waals surface area contributed by atoms with Crippen molar-refractivity contribution in [1.29, 1.82) is 0 Å².